The number of methoxy groups -OCH3 is 2. The Balaban J connectivity index is 0.00000341. The summed E-state index contributed by atoms with van der Waals surface area (Å²) in [4.78, 5) is 7.44. The minimum absolute atomic E-state index is 0. The lowest BCUT2D eigenvalue weighted by atomic mass is 10.1. The van der Waals surface area contributed by atoms with Crippen LogP contribution in [0.5, 0.6) is 5.75 Å². The van der Waals surface area contributed by atoms with Gasteiger partial charge in [-0.2, -0.15) is 0 Å². The van der Waals surface area contributed by atoms with E-state index >= 15 is 0 Å². The maximum atomic E-state index is 5.45. The van der Waals surface area contributed by atoms with Gasteiger partial charge in [-0.1, -0.05) is 12.1 Å². The fraction of sp³-hybridized carbons (Fsp3) is 0.522. The van der Waals surface area contributed by atoms with Gasteiger partial charge in [0.2, 0.25) is 0 Å². The van der Waals surface area contributed by atoms with Crippen LogP contribution in [0.25, 0.3) is 0 Å². The summed E-state index contributed by atoms with van der Waals surface area (Å²) in [6.07, 6.45) is 4.99. The van der Waals surface area contributed by atoms with E-state index in [9.17, 15) is 0 Å². The molecule has 2 heterocycles. The second-order valence-corrected chi connectivity index (χ2v) is 7.40. The van der Waals surface area contributed by atoms with Crippen LogP contribution >= 0.6 is 24.0 Å². The minimum atomic E-state index is 0. The van der Waals surface area contributed by atoms with E-state index in [1.165, 1.54) is 18.4 Å². The normalized spacial score (nSPS) is 15.4. The molecule has 0 spiro atoms. The predicted molar refractivity (Wildman–Crippen MR) is 135 cm³/mol. The Hall–Kier alpha value is -1.78. The Labute approximate surface area is 202 Å². The number of hydrogen-bond donors (Lipinski definition) is 2. The zero-order valence-corrected chi connectivity index (χ0v) is 20.8. The maximum Gasteiger partial charge on any atom is 0.191 e. The van der Waals surface area contributed by atoms with Gasteiger partial charge < -0.3 is 24.5 Å². The highest BCUT2D eigenvalue weighted by Crippen LogP contribution is 2.27. The van der Waals surface area contributed by atoms with Crippen LogP contribution in [0.2, 0.25) is 0 Å². The fourth-order valence-electron chi connectivity index (χ4n) is 3.72. The molecule has 0 radical (unpaired) electrons. The van der Waals surface area contributed by atoms with Crippen molar-refractivity contribution in [1.82, 2.24) is 15.5 Å². The molecule has 1 aromatic carbocycles. The van der Waals surface area contributed by atoms with Gasteiger partial charge in [0.15, 0.2) is 5.96 Å². The van der Waals surface area contributed by atoms with Gasteiger partial charge in [0.25, 0.3) is 0 Å². The Morgan fingerprint density at radius 2 is 1.94 bits per heavy atom. The van der Waals surface area contributed by atoms with E-state index in [1.807, 2.05) is 18.2 Å². The highest BCUT2D eigenvalue weighted by atomic mass is 127. The van der Waals surface area contributed by atoms with Crippen LogP contribution in [0.4, 0.5) is 0 Å². The number of nitrogens with zero attached hydrogens (tertiary/aromatic N) is 2. The molecule has 1 atom stereocenters. The quantitative estimate of drug-likeness (QED) is 0.196. The van der Waals surface area contributed by atoms with Crippen molar-refractivity contribution in [3.63, 3.8) is 0 Å². The maximum absolute atomic E-state index is 5.45. The largest absolute Gasteiger partial charge is 0.497 e. The van der Waals surface area contributed by atoms with Gasteiger partial charge in [0.1, 0.15) is 11.5 Å². The number of likely N-dealkylation sites (tertiary alicyclic amines) is 1. The van der Waals surface area contributed by atoms with Gasteiger partial charge in [-0.15, -0.1) is 24.0 Å². The Morgan fingerprint density at radius 1 is 1.13 bits per heavy atom. The van der Waals surface area contributed by atoms with E-state index in [1.54, 1.807) is 20.5 Å². The zero-order valence-electron chi connectivity index (χ0n) is 18.5. The van der Waals surface area contributed by atoms with Gasteiger partial charge in [-0.05, 0) is 55.8 Å². The highest BCUT2D eigenvalue weighted by Gasteiger charge is 2.23. The van der Waals surface area contributed by atoms with E-state index in [0.717, 1.165) is 43.5 Å². The Kier molecular flexibility index (Phi) is 11.8. The summed E-state index contributed by atoms with van der Waals surface area (Å²) < 4.78 is 16.0. The molecule has 1 aliphatic rings. The van der Waals surface area contributed by atoms with Gasteiger partial charge in [-0.25, -0.2) is 0 Å². The summed E-state index contributed by atoms with van der Waals surface area (Å²) in [7, 11) is 3.41. The minimum Gasteiger partial charge on any atom is -0.497 e. The molecule has 2 N–H and O–H groups in total. The zero-order chi connectivity index (χ0) is 21.0. The van der Waals surface area contributed by atoms with E-state index in [0.29, 0.717) is 19.7 Å². The number of benzene rings is 1. The predicted octanol–water partition coefficient (Wildman–Crippen LogP) is 3.47. The molecule has 2 aromatic rings. The third-order valence-corrected chi connectivity index (χ3v) is 5.32. The average molecular weight is 542 g/mol. The third kappa shape index (κ3) is 8.34. The SMILES string of the molecule is COCCNC(=NCC(c1cccc(OC)c1)N1CCCC1)NCCc1ccco1.I. The summed E-state index contributed by atoms with van der Waals surface area (Å²) >= 11 is 0. The number of furan rings is 1. The Bertz CT molecular complexity index is 764. The number of aliphatic imine (C=N–C) groups is 1. The molecular formula is C23H35IN4O3. The number of hydrogen-bond acceptors (Lipinski definition) is 5. The summed E-state index contributed by atoms with van der Waals surface area (Å²) in [5.41, 5.74) is 1.24. The Morgan fingerprint density at radius 3 is 2.65 bits per heavy atom. The number of ether oxygens (including phenoxy) is 2. The lowest BCUT2D eigenvalue weighted by Crippen LogP contribution is -2.40. The van der Waals surface area contributed by atoms with Crippen molar-refractivity contribution in [2.45, 2.75) is 25.3 Å². The van der Waals surface area contributed by atoms with Crippen LogP contribution in [0.1, 0.15) is 30.2 Å². The van der Waals surface area contributed by atoms with Gasteiger partial charge in [0.05, 0.1) is 32.6 Å². The van der Waals surface area contributed by atoms with Gasteiger partial charge in [0, 0.05) is 26.6 Å². The molecule has 0 bridgehead atoms. The van der Waals surface area contributed by atoms with Crippen LogP contribution in [0.15, 0.2) is 52.1 Å². The van der Waals surface area contributed by atoms with Crippen molar-refractivity contribution in [2.75, 3.05) is 53.6 Å². The van der Waals surface area contributed by atoms with Crippen molar-refractivity contribution >= 4 is 29.9 Å². The van der Waals surface area contributed by atoms with Crippen molar-refractivity contribution in [1.29, 1.82) is 0 Å². The number of guanidine groups is 1. The van der Waals surface area contributed by atoms with Crippen LogP contribution < -0.4 is 15.4 Å². The fourth-order valence-corrected chi connectivity index (χ4v) is 3.72. The lowest BCUT2D eigenvalue weighted by Gasteiger charge is -2.27. The molecule has 172 valence electrons. The summed E-state index contributed by atoms with van der Waals surface area (Å²) in [5, 5.41) is 6.78. The van der Waals surface area contributed by atoms with Crippen molar-refractivity contribution in [2.24, 2.45) is 4.99 Å². The second kappa shape index (κ2) is 14.3. The topological polar surface area (TPSA) is 71.3 Å². The molecule has 0 amide bonds. The van der Waals surface area contributed by atoms with Gasteiger partial charge in [-0.3, -0.25) is 9.89 Å². The first kappa shape index (κ1) is 25.5. The lowest BCUT2D eigenvalue weighted by molar-refractivity contribution is 0.203. The second-order valence-electron chi connectivity index (χ2n) is 7.40. The van der Waals surface area contributed by atoms with E-state index < -0.39 is 0 Å². The van der Waals surface area contributed by atoms with Crippen molar-refractivity contribution in [3.8, 4) is 5.75 Å². The first-order valence-electron chi connectivity index (χ1n) is 10.7. The molecule has 3 rings (SSSR count). The molecule has 1 unspecified atom stereocenters. The molecule has 1 saturated heterocycles. The summed E-state index contributed by atoms with van der Waals surface area (Å²) in [6, 6.07) is 12.5. The summed E-state index contributed by atoms with van der Waals surface area (Å²) in [5.74, 6) is 2.64. The van der Waals surface area contributed by atoms with E-state index in [-0.39, 0.29) is 30.0 Å². The van der Waals surface area contributed by atoms with Crippen molar-refractivity contribution < 1.29 is 13.9 Å². The van der Waals surface area contributed by atoms with Crippen LogP contribution in [0, 0.1) is 0 Å². The molecule has 0 saturated carbocycles. The standard InChI is InChI=1S/C23H34N4O3.HI/c1-28-16-12-25-23(24-11-10-20-9-6-15-30-20)26-18-22(27-13-3-4-14-27)19-7-5-8-21(17-19)29-2;/h5-9,15,17,22H,3-4,10-14,16,18H2,1-2H3,(H2,24,25,26);1H. The molecular weight excluding hydrogens is 507 g/mol. The summed E-state index contributed by atoms with van der Waals surface area (Å²) in [6.45, 7) is 4.97. The van der Waals surface area contributed by atoms with E-state index in [2.05, 4.69) is 33.7 Å². The number of rotatable bonds is 11. The van der Waals surface area contributed by atoms with Crippen LogP contribution in [-0.4, -0.2) is 64.4 Å². The van der Waals surface area contributed by atoms with E-state index in [4.69, 9.17) is 18.9 Å². The van der Waals surface area contributed by atoms with Gasteiger partial charge >= 0.3 is 0 Å². The molecule has 31 heavy (non-hydrogen) atoms. The monoisotopic (exact) mass is 542 g/mol. The smallest absolute Gasteiger partial charge is 0.191 e. The highest BCUT2D eigenvalue weighted by molar-refractivity contribution is 14.0. The molecule has 1 aromatic heterocycles. The first-order valence-corrected chi connectivity index (χ1v) is 10.7. The average Bonchev–Trinajstić information content (AvgIpc) is 3.48. The number of nitrogens with one attached hydrogen (secondary N) is 2. The molecule has 1 fully saturated rings. The molecule has 8 heteroatoms. The van der Waals surface area contributed by atoms with Crippen LogP contribution in [-0.2, 0) is 11.2 Å². The third-order valence-electron chi connectivity index (χ3n) is 5.32. The molecule has 0 aliphatic carbocycles. The first-order chi connectivity index (χ1) is 14.8. The molecule has 7 nitrogen and oxygen atoms in total. The molecule has 1 aliphatic heterocycles. The number of halogens is 1. The van der Waals surface area contributed by atoms with Crippen LogP contribution in [0.3, 0.4) is 0 Å². The van der Waals surface area contributed by atoms with Crippen molar-refractivity contribution in [3.05, 3.63) is 54.0 Å².